The number of rotatable bonds is 4. The van der Waals surface area contributed by atoms with Crippen molar-refractivity contribution in [2.24, 2.45) is 0 Å². The maximum Gasteiger partial charge on any atom is 0.238 e. The first kappa shape index (κ1) is 16.8. The minimum atomic E-state index is -0.449. The molecule has 1 atom stereocenters. The molecule has 3 N–H and O–H groups in total. The zero-order valence-corrected chi connectivity index (χ0v) is 14.1. The topological polar surface area (TPSA) is 93.8 Å². The summed E-state index contributed by atoms with van der Waals surface area (Å²) in [4.78, 5) is 24.5. The summed E-state index contributed by atoms with van der Waals surface area (Å²) in [6, 6.07) is 3.17. The average molecular weight is 358 g/mol. The highest BCUT2D eigenvalue weighted by Gasteiger charge is 2.18. The lowest BCUT2D eigenvalue weighted by Crippen LogP contribution is -2.23. The fourth-order valence-corrected chi connectivity index (χ4v) is 2.82. The minimum Gasteiger partial charge on any atom is -0.384 e. The number of anilines is 2. The quantitative estimate of drug-likeness (QED) is 0.644. The van der Waals surface area contributed by atoms with Crippen LogP contribution in [-0.2, 0) is 4.79 Å². The molecule has 1 amide bonds. The van der Waals surface area contributed by atoms with Crippen LogP contribution in [-0.4, -0.2) is 26.1 Å². The van der Waals surface area contributed by atoms with E-state index < -0.39 is 5.25 Å². The van der Waals surface area contributed by atoms with Crippen molar-refractivity contribution in [2.75, 3.05) is 11.1 Å². The highest BCUT2D eigenvalue weighted by Crippen LogP contribution is 2.25. The fraction of sp³-hybridized carbons (Fsp3) is 0.231. The molecule has 0 spiro atoms. The van der Waals surface area contributed by atoms with E-state index in [0.717, 1.165) is 5.69 Å². The number of nitrogens with two attached hydrogens (primary N) is 1. The van der Waals surface area contributed by atoms with Crippen molar-refractivity contribution in [3.05, 3.63) is 34.1 Å². The number of nitrogens with zero attached hydrogens (tertiary/aromatic N) is 3. The molecule has 0 radical (unpaired) electrons. The van der Waals surface area contributed by atoms with Gasteiger partial charge in [-0.25, -0.2) is 15.0 Å². The third-order valence-electron chi connectivity index (χ3n) is 2.55. The van der Waals surface area contributed by atoms with Gasteiger partial charge in [0.25, 0.3) is 0 Å². The normalized spacial score (nSPS) is 12.0. The van der Waals surface area contributed by atoms with Gasteiger partial charge in [-0.15, -0.1) is 0 Å². The summed E-state index contributed by atoms with van der Waals surface area (Å²) in [5.74, 6) is 0.351. The van der Waals surface area contributed by atoms with Crippen LogP contribution >= 0.6 is 35.0 Å². The molecular weight excluding hydrogens is 345 g/mol. The number of nitrogen functional groups attached to an aromatic ring is 1. The Bertz CT molecular complexity index is 693. The number of carbonyl (C=O) groups excluding carboxylic acids is 1. The van der Waals surface area contributed by atoms with Gasteiger partial charge >= 0.3 is 0 Å². The molecule has 0 saturated heterocycles. The molecule has 22 heavy (non-hydrogen) atoms. The van der Waals surface area contributed by atoms with Crippen molar-refractivity contribution < 1.29 is 4.79 Å². The molecular formula is C13H13Cl2N5OS. The van der Waals surface area contributed by atoms with Crippen LogP contribution in [0.25, 0.3) is 0 Å². The van der Waals surface area contributed by atoms with Crippen molar-refractivity contribution in [3.63, 3.8) is 0 Å². The number of aromatic nitrogens is 3. The average Bonchev–Trinajstić information content (AvgIpc) is 2.40. The Labute approximate surface area is 141 Å². The standard InChI is InChI=1S/C13H13Cl2N5OS/c1-6-3-10(16)19-13(18-6)22-7(2)12(21)20-11-9(15)4-8(14)5-17-11/h3-5,7H,1-2H3,(H2,16,18,19)(H,17,20,21). The van der Waals surface area contributed by atoms with E-state index in [1.165, 1.54) is 24.0 Å². The monoisotopic (exact) mass is 357 g/mol. The zero-order valence-electron chi connectivity index (χ0n) is 11.8. The summed E-state index contributed by atoms with van der Waals surface area (Å²) in [5, 5.41) is 3.30. The van der Waals surface area contributed by atoms with E-state index in [4.69, 9.17) is 28.9 Å². The summed E-state index contributed by atoms with van der Waals surface area (Å²) in [5.41, 5.74) is 6.40. The lowest BCUT2D eigenvalue weighted by atomic mass is 10.4. The van der Waals surface area contributed by atoms with Crippen LogP contribution in [0.4, 0.5) is 11.6 Å². The highest BCUT2D eigenvalue weighted by molar-refractivity contribution is 8.00. The predicted molar refractivity (Wildman–Crippen MR) is 89.4 cm³/mol. The van der Waals surface area contributed by atoms with Gasteiger partial charge in [0.1, 0.15) is 5.82 Å². The molecule has 1 unspecified atom stereocenters. The second-order valence-electron chi connectivity index (χ2n) is 4.45. The van der Waals surface area contributed by atoms with Crippen LogP contribution in [0.15, 0.2) is 23.5 Å². The van der Waals surface area contributed by atoms with Crippen molar-refractivity contribution in [2.45, 2.75) is 24.3 Å². The molecule has 0 aliphatic rings. The van der Waals surface area contributed by atoms with E-state index in [1.807, 2.05) is 6.92 Å². The van der Waals surface area contributed by atoms with Crippen LogP contribution in [0.3, 0.4) is 0 Å². The van der Waals surface area contributed by atoms with Gasteiger partial charge in [-0.2, -0.15) is 0 Å². The minimum absolute atomic E-state index is 0.258. The molecule has 0 fully saturated rings. The van der Waals surface area contributed by atoms with E-state index >= 15 is 0 Å². The van der Waals surface area contributed by atoms with Gasteiger partial charge in [-0.3, -0.25) is 4.79 Å². The molecule has 9 heteroatoms. The molecule has 2 rings (SSSR count). The van der Waals surface area contributed by atoms with E-state index in [0.29, 0.717) is 16.0 Å². The first-order chi connectivity index (χ1) is 10.3. The van der Waals surface area contributed by atoms with Gasteiger partial charge in [-0.05, 0) is 19.9 Å². The van der Waals surface area contributed by atoms with E-state index in [1.54, 1.807) is 13.0 Å². The van der Waals surface area contributed by atoms with Crippen molar-refractivity contribution in [1.29, 1.82) is 0 Å². The summed E-state index contributed by atoms with van der Waals surface area (Å²) in [6.07, 6.45) is 1.41. The summed E-state index contributed by atoms with van der Waals surface area (Å²) in [6.45, 7) is 3.54. The first-order valence-electron chi connectivity index (χ1n) is 6.25. The van der Waals surface area contributed by atoms with Crippen LogP contribution < -0.4 is 11.1 Å². The number of aryl methyl sites for hydroxylation is 1. The number of hydrogen-bond donors (Lipinski definition) is 2. The molecule has 116 valence electrons. The summed E-state index contributed by atoms with van der Waals surface area (Å²) >= 11 is 12.9. The molecule has 0 aromatic carbocycles. The summed E-state index contributed by atoms with van der Waals surface area (Å²) in [7, 11) is 0. The fourth-order valence-electron chi connectivity index (χ4n) is 1.55. The van der Waals surface area contributed by atoms with Crippen molar-refractivity contribution in [3.8, 4) is 0 Å². The maximum atomic E-state index is 12.2. The molecule has 0 aliphatic carbocycles. The predicted octanol–water partition coefficient (Wildman–Crippen LogP) is 3.19. The van der Waals surface area contributed by atoms with Crippen molar-refractivity contribution >= 4 is 52.5 Å². The molecule has 0 aliphatic heterocycles. The Morgan fingerprint density at radius 1 is 1.36 bits per heavy atom. The second-order valence-corrected chi connectivity index (χ2v) is 6.60. The van der Waals surface area contributed by atoms with Gasteiger partial charge in [0, 0.05) is 18.0 Å². The van der Waals surface area contributed by atoms with Crippen LogP contribution in [0.1, 0.15) is 12.6 Å². The number of thioether (sulfide) groups is 1. The highest BCUT2D eigenvalue weighted by atomic mass is 35.5. The van der Waals surface area contributed by atoms with Crippen LogP contribution in [0.2, 0.25) is 10.0 Å². The van der Waals surface area contributed by atoms with Crippen LogP contribution in [0, 0.1) is 6.92 Å². The largest absolute Gasteiger partial charge is 0.384 e. The Balaban J connectivity index is 2.05. The lowest BCUT2D eigenvalue weighted by molar-refractivity contribution is -0.115. The smallest absolute Gasteiger partial charge is 0.238 e. The second kappa shape index (κ2) is 7.13. The van der Waals surface area contributed by atoms with Gasteiger partial charge in [0.2, 0.25) is 5.91 Å². The number of halogens is 2. The molecule has 6 nitrogen and oxygen atoms in total. The molecule has 2 heterocycles. The Kier molecular flexibility index (Phi) is 5.44. The third kappa shape index (κ3) is 4.46. The van der Waals surface area contributed by atoms with Crippen molar-refractivity contribution in [1.82, 2.24) is 15.0 Å². The number of hydrogen-bond acceptors (Lipinski definition) is 6. The van der Waals surface area contributed by atoms with Gasteiger partial charge in [-0.1, -0.05) is 35.0 Å². The molecule has 0 bridgehead atoms. The van der Waals surface area contributed by atoms with E-state index in [9.17, 15) is 4.79 Å². The first-order valence-corrected chi connectivity index (χ1v) is 7.88. The SMILES string of the molecule is Cc1cc(N)nc(SC(C)C(=O)Nc2ncc(Cl)cc2Cl)n1. The Morgan fingerprint density at radius 2 is 2.09 bits per heavy atom. The molecule has 2 aromatic rings. The number of carbonyl (C=O) groups is 1. The van der Waals surface area contributed by atoms with Crippen LogP contribution in [0.5, 0.6) is 0 Å². The Morgan fingerprint density at radius 3 is 2.73 bits per heavy atom. The van der Waals surface area contributed by atoms with E-state index in [-0.39, 0.29) is 16.7 Å². The van der Waals surface area contributed by atoms with Gasteiger partial charge < -0.3 is 11.1 Å². The lowest BCUT2D eigenvalue weighted by Gasteiger charge is -2.12. The van der Waals surface area contributed by atoms with E-state index in [2.05, 4.69) is 20.3 Å². The third-order valence-corrected chi connectivity index (χ3v) is 4.01. The number of pyridine rings is 1. The zero-order chi connectivity index (χ0) is 16.3. The van der Waals surface area contributed by atoms with Gasteiger partial charge in [0.05, 0.1) is 15.3 Å². The molecule has 2 aromatic heterocycles. The summed E-state index contributed by atoms with van der Waals surface area (Å²) < 4.78 is 0. The number of nitrogens with one attached hydrogen (secondary N) is 1. The molecule has 0 saturated carbocycles. The Hall–Kier alpha value is -1.57. The van der Waals surface area contributed by atoms with Gasteiger partial charge in [0.15, 0.2) is 11.0 Å². The maximum absolute atomic E-state index is 12.2. The number of amides is 1.